The van der Waals surface area contributed by atoms with Gasteiger partial charge in [-0.25, -0.2) is 4.79 Å². The van der Waals surface area contributed by atoms with Crippen LogP contribution >= 0.6 is 0 Å². The van der Waals surface area contributed by atoms with E-state index in [0.717, 1.165) is 16.5 Å². The van der Waals surface area contributed by atoms with Gasteiger partial charge in [-0.1, -0.05) is 6.07 Å². The van der Waals surface area contributed by atoms with Crippen LogP contribution < -0.4 is 4.74 Å². The lowest BCUT2D eigenvalue weighted by Gasteiger charge is -2.11. The summed E-state index contributed by atoms with van der Waals surface area (Å²) in [6.45, 7) is 4.72. The molecule has 4 heteroatoms. The lowest BCUT2D eigenvalue weighted by Crippen LogP contribution is -2.05. The molecule has 0 saturated carbocycles. The molecule has 1 aromatic heterocycles. The van der Waals surface area contributed by atoms with E-state index in [0.29, 0.717) is 17.9 Å². The molecule has 0 N–H and O–H groups in total. The summed E-state index contributed by atoms with van der Waals surface area (Å²) in [6, 6.07) is 3.96. The Hall–Kier alpha value is -2.10. The van der Waals surface area contributed by atoms with E-state index >= 15 is 0 Å². The van der Waals surface area contributed by atoms with Crippen molar-refractivity contribution >= 4 is 16.9 Å². The standard InChI is InChI=1S/C14H13NO3/c1-8-3-4-10-12(9(8)2)15-7-11-13(10)17-5-6-18-14(11)16/h3-4,7H,5-6H2,1-2H3. The van der Waals surface area contributed by atoms with E-state index in [1.165, 1.54) is 11.8 Å². The van der Waals surface area contributed by atoms with Gasteiger partial charge in [0.2, 0.25) is 0 Å². The molecule has 0 aliphatic carbocycles. The highest BCUT2D eigenvalue weighted by Crippen LogP contribution is 2.32. The van der Waals surface area contributed by atoms with Crippen molar-refractivity contribution in [3.63, 3.8) is 0 Å². The Labute approximate surface area is 105 Å². The van der Waals surface area contributed by atoms with Crippen molar-refractivity contribution in [1.82, 2.24) is 4.98 Å². The van der Waals surface area contributed by atoms with Crippen LogP contribution in [0.5, 0.6) is 5.75 Å². The van der Waals surface area contributed by atoms with E-state index in [4.69, 9.17) is 9.47 Å². The number of cyclic esters (lactones) is 1. The quantitative estimate of drug-likeness (QED) is 0.667. The highest BCUT2D eigenvalue weighted by Gasteiger charge is 2.21. The fourth-order valence-corrected chi connectivity index (χ4v) is 2.14. The number of esters is 1. The second-order valence-corrected chi connectivity index (χ2v) is 4.39. The first-order valence-corrected chi connectivity index (χ1v) is 5.87. The Kier molecular flexibility index (Phi) is 2.44. The number of pyridine rings is 1. The van der Waals surface area contributed by atoms with Crippen molar-refractivity contribution in [2.45, 2.75) is 13.8 Å². The molecule has 0 spiro atoms. The minimum atomic E-state index is -0.366. The normalized spacial score (nSPS) is 14.7. The van der Waals surface area contributed by atoms with Crippen molar-refractivity contribution in [3.8, 4) is 5.75 Å². The van der Waals surface area contributed by atoms with E-state index in [1.54, 1.807) is 0 Å². The Bertz CT molecular complexity index is 649. The fraction of sp³-hybridized carbons (Fsp3) is 0.286. The molecule has 0 fully saturated rings. The lowest BCUT2D eigenvalue weighted by atomic mass is 10.0. The highest BCUT2D eigenvalue weighted by molar-refractivity contribution is 6.00. The molecule has 1 aliphatic rings. The molecular weight excluding hydrogens is 230 g/mol. The molecule has 92 valence electrons. The van der Waals surface area contributed by atoms with Crippen LogP contribution in [0.1, 0.15) is 21.5 Å². The molecule has 3 rings (SSSR count). The summed E-state index contributed by atoms with van der Waals surface area (Å²) in [6.07, 6.45) is 1.54. The predicted octanol–water partition coefficient (Wildman–Crippen LogP) is 2.40. The molecule has 4 nitrogen and oxygen atoms in total. The summed E-state index contributed by atoms with van der Waals surface area (Å²) in [7, 11) is 0. The zero-order chi connectivity index (χ0) is 12.7. The first-order chi connectivity index (χ1) is 8.68. The number of fused-ring (bicyclic) bond motifs is 3. The lowest BCUT2D eigenvalue weighted by molar-refractivity contribution is 0.0492. The maximum Gasteiger partial charge on any atom is 0.343 e. The number of benzene rings is 1. The molecule has 0 saturated heterocycles. The van der Waals surface area contributed by atoms with Crippen LogP contribution in [0.3, 0.4) is 0 Å². The maximum absolute atomic E-state index is 11.8. The summed E-state index contributed by atoms with van der Waals surface area (Å²) in [5, 5.41) is 0.870. The zero-order valence-electron chi connectivity index (χ0n) is 10.3. The number of hydrogen-bond acceptors (Lipinski definition) is 4. The maximum atomic E-state index is 11.8. The third kappa shape index (κ3) is 1.53. The number of aryl methyl sites for hydroxylation is 2. The van der Waals surface area contributed by atoms with E-state index in [-0.39, 0.29) is 12.6 Å². The van der Waals surface area contributed by atoms with E-state index in [9.17, 15) is 4.79 Å². The van der Waals surface area contributed by atoms with Gasteiger partial charge in [-0.3, -0.25) is 4.98 Å². The Morgan fingerprint density at radius 3 is 2.78 bits per heavy atom. The van der Waals surface area contributed by atoms with Gasteiger partial charge < -0.3 is 9.47 Å². The van der Waals surface area contributed by atoms with Crippen LogP contribution in [0.2, 0.25) is 0 Å². The zero-order valence-corrected chi connectivity index (χ0v) is 10.3. The molecule has 0 amide bonds. The van der Waals surface area contributed by atoms with Crippen LogP contribution in [0, 0.1) is 13.8 Å². The van der Waals surface area contributed by atoms with Crippen molar-refractivity contribution < 1.29 is 14.3 Å². The van der Waals surface area contributed by atoms with Crippen LogP contribution in [0.15, 0.2) is 18.3 Å². The van der Waals surface area contributed by atoms with Crippen LogP contribution in [0.25, 0.3) is 10.9 Å². The Morgan fingerprint density at radius 2 is 1.94 bits per heavy atom. The molecule has 18 heavy (non-hydrogen) atoms. The summed E-state index contributed by atoms with van der Waals surface area (Å²) in [4.78, 5) is 16.1. The number of nitrogens with zero attached hydrogens (tertiary/aromatic N) is 1. The number of carbonyl (C=O) groups excluding carboxylic acids is 1. The SMILES string of the molecule is Cc1ccc2c3c(cnc2c1C)C(=O)OCCO3. The van der Waals surface area contributed by atoms with Gasteiger partial charge in [0.25, 0.3) is 0 Å². The molecule has 0 atom stereocenters. The minimum Gasteiger partial charge on any atom is -0.488 e. The van der Waals surface area contributed by atoms with Gasteiger partial charge in [0.05, 0.1) is 5.52 Å². The van der Waals surface area contributed by atoms with Gasteiger partial charge in [0.1, 0.15) is 24.5 Å². The van der Waals surface area contributed by atoms with E-state index in [2.05, 4.69) is 4.98 Å². The first-order valence-electron chi connectivity index (χ1n) is 5.87. The molecule has 2 heterocycles. The number of aromatic nitrogens is 1. The van der Waals surface area contributed by atoms with Gasteiger partial charge in [0.15, 0.2) is 0 Å². The first kappa shape index (κ1) is 11.0. The Morgan fingerprint density at radius 1 is 1.17 bits per heavy atom. The summed E-state index contributed by atoms with van der Waals surface area (Å²) in [5.74, 6) is 0.223. The third-order valence-electron chi connectivity index (χ3n) is 3.30. The topological polar surface area (TPSA) is 48.4 Å². The van der Waals surface area contributed by atoms with Crippen molar-refractivity contribution in [1.29, 1.82) is 0 Å². The van der Waals surface area contributed by atoms with Gasteiger partial charge >= 0.3 is 5.97 Å². The van der Waals surface area contributed by atoms with Crippen molar-refractivity contribution in [3.05, 3.63) is 35.0 Å². The van der Waals surface area contributed by atoms with E-state index < -0.39 is 0 Å². The van der Waals surface area contributed by atoms with Gasteiger partial charge in [-0.2, -0.15) is 0 Å². The van der Waals surface area contributed by atoms with Crippen molar-refractivity contribution in [2.24, 2.45) is 0 Å². The second-order valence-electron chi connectivity index (χ2n) is 4.39. The van der Waals surface area contributed by atoms with Crippen molar-refractivity contribution in [2.75, 3.05) is 13.2 Å². The number of hydrogen-bond donors (Lipinski definition) is 0. The average molecular weight is 243 g/mol. The van der Waals surface area contributed by atoms with Gasteiger partial charge in [-0.05, 0) is 31.0 Å². The smallest absolute Gasteiger partial charge is 0.343 e. The average Bonchev–Trinajstić information content (AvgIpc) is 2.56. The highest BCUT2D eigenvalue weighted by atomic mass is 16.6. The van der Waals surface area contributed by atoms with Gasteiger partial charge in [0, 0.05) is 11.6 Å². The molecule has 1 aliphatic heterocycles. The van der Waals surface area contributed by atoms with Crippen LogP contribution in [-0.4, -0.2) is 24.2 Å². The molecule has 0 bridgehead atoms. The van der Waals surface area contributed by atoms with Crippen LogP contribution in [0.4, 0.5) is 0 Å². The minimum absolute atomic E-state index is 0.278. The predicted molar refractivity (Wildman–Crippen MR) is 67.0 cm³/mol. The fourth-order valence-electron chi connectivity index (χ4n) is 2.14. The number of ether oxygens (including phenoxy) is 2. The van der Waals surface area contributed by atoms with Gasteiger partial charge in [-0.15, -0.1) is 0 Å². The largest absolute Gasteiger partial charge is 0.488 e. The summed E-state index contributed by atoms with van der Waals surface area (Å²) < 4.78 is 10.7. The monoisotopic (exact) mass is 243 g/mol. The number of carbonyl (C=O) groups is 1. The molecular formula is C14H13NO3. The third-order valence-corrected chi connectivity index (χ3v) is 3.30. The van der Waals surface area contributed by atoms with E-state index in [1.807, 2.05) is 26.0 Å². The summed E-state index contributed by atoms with van der Waals surface area (Å²) >= 11 is 0. The Balaban J connectivity index is 2.35. The molecule has 1 aromatic carbocycles. The second kappa shape index (κ2) is 3.98. The molecule has 0 unspecified atom stereocenters. The summed E-state index contributed by atoms with van der Waals surface area (Å²) in [5.41, 5.74) is 3.56. The number of rotatable bonds is 0. The molecule has 0 radical (unpaired) electrons. The van der Waals surface area contributed by atoms with Crippen LogP contribution in [-0.2, 0) is 4.74 Å². The molecule has 2 aromatic rings.